The molecule has 1 atom stereocenters. The summed E-state index contributed by atoms with van der Waals surface area (Å²) in [6.07, 6.45) is 26.2. The van der Waals surface area contributed by atoms with E-state index in [1.54, 1.807) is 0 Å². The molecular formula is C34H38S. The van der Waals surface area contributed by atoms with E-state index in [9.17, 15) is 0 Å². The van der Waals surface area contributed by atoms with Gasteiger partial charge in [0.1, 0.15) is 0 Å². The topological polar surface area (TPSA) is 0 Å². The highest BCUT2D eigenvalue weighted by molar-refractivity contribution is 7.90. The summed E-state index contributed by atoms with van der Waals surface area (Å²) < 4.78 is 0. The molecule has 0 radical (unpaired) electrons. The Morgan fingerprint density at radius 1 is 0.771 bits per heavy atom. The Morgan fingerprint density at radius 3 is 2.09 bits per heavy atom. The predicted molar refractivity (Wildman–Crippen MR) is 162 cm³/mol. The Morgan fingerprint density at radius 2 is 1.40 bits per heavy atom. The summed E-state index contributed by atoms with van der Waals surface area (Å²) >= 11 is 4.82. The van der Waals surface area contributed by atoms with E-state index < -0.39 is 0 Å². The predicted octanol–water partition coefficient (Wildman–Crippen LogP) is 10.2. The second kappa shape index (κ2) is 13.8. The molecule has 3 aromatic carbocycles. The van der Waals surface area contributed by atoms with Gasteiger partial charge in [-0.15, -0.1) is 12.6 Å². The fourth-order valence-corrected chi connectivity index (χ4v) is 4.73. The minimum absolute atomic E-state index is 0.416. The third-order valence-electron chi connectivity index (χ3n) is 6.23. The quantitative estimate of drug-likeness (QED) is 0.167. The normalized spacial score (nSPS) is 14.3. The molecule has 0 spiro atoms. The third-order valence-corrected chi connectivity index (χ3v) is 6.64. The van der Waals surface area contributed by atoms with Gasteiger partial charge in [-0.25, -0.2) is 0 Å². The van der Waals surface area contributed by atoms with Crippen LogP contribution in [0.25, 0.3) is 26.5 Å². The Balaban J connectivity index is 1.84. The largest absolute Gasteiger partial charge is 0.143 e. The first-order valence-electron chi connectivity index (χ1n) is 12.8. The van der Waals surface area contributed by atoms with Gasteiger partial charge in [-0.2, -0.15) is 0 Å². The van der Waals surface area contributed by atoms with Crippen molar-refractivity contribution in [1.29, 1.82) is 0 Å². The van der Waals surface area contributed by atoms with Crippen molar-refractivity contribution in [3.05, 3.63) is 126 Å². The molecule has 0 bridgehead atoms. The number of allylic oxidation sites excluding steroid dienone is 11. The maximum Gasteiger partial charge on any atom is 0.0113 e. The number of aryl methyl sites for hydroxylation is 2. The first kappa shape index (κ1) is 26.6. The van der Waals surface area contributed by atoms with Crippen LogP contribution >= 0.6 is 12.6 Å². The zero-order valence-corrected chi connectivity index (χ0v) is 22.4. The molecule has 0 amide bonds. The molecule has 0 saturated carbocycles. The summed E-state index contributed by atoms with van der Waals surface area (Å²) in [7, 11) is 0. The van der Waals surface area contributed by atoms with Crippen molar-refractivity contribution in [3.8, 4) is 0 Å². The molecule has 0 N–H and O–H groups in total. The van der Waals surface area contributed by atoms with Gasteiger partial charge in [-0.1, -0.05) is 124 Å². The zero-order chi connectivity index (χ0) is 25.0. The lowest BCUT2D eigenvalue weighted by molar-refractivity contribution is 0.936. The summed E-state index contributed by atoms with van der Waals surface area (Å²) in [5.41, 5.74) is 4.06. The van der Waals surface area contributed by atoms with E-state index in [0.717, 1.165) is 29.7 Å². The smallest absolute Gasteiger partial charge is 0.0113 e. The lowest BCUT2D eigenvalue weighted by Crippen LogP contribution is -1.96. The van der Waals surface area contributed by atoms with Gasteiger partial charge in [0, 0.05) is 4.91 Å². The molecule has 3 aromatic rings. The highest BCUT2D eigenvalue weighted by Crippen LogP contribution is 2.36. The van der Waals surface area contributed by atoms with Crippen LogP contribution in [-0.2, 0) is 12.8 Å². The molecule has 3 rings (SSSR count). The van der Waals surface area contributed by atoms with E-state index in [0.29, 0.717) is 5.92 Å². The van der Waals surface area contributed by atoms with Crippen molar-refractivity contribution >= 4 is 39.1 Å². The first-order valence-corrected chi connectivity index (χ1v) is 13.2. The van der Waals surface area contributed by atoms with Gasteiger partial charge >= 0.3 is 0 Å². The van der Waals surface area contributed by atoms with Crippen molar-refractivity contribution in [3.63, 3.8) is 0 Å². The van der Waals surface area contributed by atoms with Gasteiger partial charge in [0.15, 0.2) is 0 Å². The fraction of sp³-hybridized carbons (Fsp3) is 0.235. The molecule has 1 heteroatoms. The van der Waals surface area contributed by atoms with Crippen LogP contribution in [0.3, 0.4) is 0 Å². The van der Waals surface area contributed by atoms with Crippen LogP contribution in [0, 0.1) is 5.92 Å². The van der Waals surface area contributed by atoms with Crippen molar-refractivity contribution in [2.45, 2.75) is 47.0 Å². The Hall–Kier alpha value is -3.03. The SMILES string of the molecule is C/C=C\C=C/C(C)/C=C/C=C/C=C/C=C(\S)c1ccc2c(CC)c3ccccc3c(CCC)c2c1. The number of thiol groups is 1. The molecule has 0 aromatic heterocycles. The molecule has 0 saturated heterocycles. The minimum Gasteiger partial charge on any atom is -0.143 e. The van der Waals surface area contributed by atoms with Crippen LogP contribution in [0.1, 0.15) is 50.8 Å². The van der Waals surface area contributed by atoms with Gasteiger partial charge < -0.3 is 0 Å². The second-order valence-corrected chi connectivity index (χ2v) is 9.32. The monoisotopic (exact) mass is 478 g/mol. The van der Waals surface area contributed by atoms with Crippen LogP contribution in [0.15, 0.2) is 109 Å². The third kappa shape index (κ3) is 6.99. The van der Waals surface area contributed by atoms with Gasteiger partial charge in [-0.05, 0) is 76.1 Å². The maximum absolute atomic E-state index is 4.82. The molecule has 0 fully saturated rings. The fourth-order valence-electron chi connectivity index (χ4n) is 4.51. The molecule has 0 aliphatic rings. The van der Waals surface area contributed by atoms with Crippen molar-refractivity contribution in [2.24, 2.45) is 5.92 Å². The second-order valence-electron chi connectivity index (χ2n) is 8.84. The standard InChI is InChI=1S/C34H38S/c1-5-8-12-18-26(4)19-13-10-9-11-14-22-34(35)27-23-24-32-28(7-3)30-20-15-16-21-31(30)29(17-6-2)33(32)25-27/h5,8-16,18-26,35H,6-7,17H2,1-4H3/b8-5-,10-9+,14-11+,18-12-,19-13+,34-22-. The van der Waals surface area contributed by atoms with Gasteiger partial charge in [0.25, 0.3) is 0 Å². The highest BCUT2D eigenvalue weighted by atomic mass is 32.1. The molecular weight excluding hydrogens is 440 g/mol. The first-order chi connectivity index (χ1) is 17.1. The Bertz CT molecular complexity index is 1310. The zero-order valence-electron chi connectivity index (χ0n) is 21.5. The average Bonchev–Trinajstić information content (AvgIpc) is 2.88. The Kier molecular flexibility index (Phi) is 10.4. The van der Waals surface area contributed by atoms with Crippen LogP contribution in [-0.4, -0.2) is 0 Å². The molecule has 0 nitrogen and oxygen atoms in total. The molecule has 35 heavy (non-hydrogen) atoms. The van der Waals surface area contributed by atoms with E-state index >= 15 is 0 Å². The molecule has 0 aliphatic carbocycles. The number of benzene rings is 3. The lowest BCUT2D eigenvalue weighted by atomic mass is 9.88. The summed E-state index contributed by atoms with van der Waals surface area (Å²) in [5.74, 6) is 0.416. The number of hydrogen-bond donors (Lipinski definition) is 1. The van der Waals surface area contributed by atoms with Crippen molar-refractivity contribution in [1.82, 2.24) is 0 Å². The van der Waals surface area contributed by atoms with Gasteiger partial charge in [0.05, 0.1) is 0 Å². The molecule has 0 aliphatic heterocycles. The van der Waals surface area contributed by atoms with Crippen molar-refractivity contribution in [2.75, 3.05) is 0 Å². The van der Waals surface area contributed by atoms with E-state index in [1.807, 2.05) is 19.1 Å². The number of hydrogen-bond acceptors (Lipinski definition) is 1. The van der Waals surface area contributed by atoms with Crippen LogP contribution < -0.4 is 0 Å². The van der Waals surface area contributed by atoms with Crippen LogP contribution in [0.5, 0.6) is 0 Å². The molecule has 1 unspecified atom stereocenters. The number of rotatable bonds is 10. The lowest BCUT2D eigenvalue weighted by Gasteiger charge is -2.17. The number of fused-ring (bicyclic) bond motifs is 2. The summed E-state index contributed by atoms with van der Waals surface area (Å²) in [5, 5.41) is 5.53. The van der Waals surface area contributed by atoms with E-state index in [4.69, 9.17) is 12.6 Å². The van der Waals surface area contributed by atoms with E-state index in [1.165, 1.54) is 32.7 Å². The minimum atomic E-state index is 0.416. The van der Waals surface area contributed by atoms with Crippen LogP contribution in [0.2, 0.25) is 0 Å². The summed E-state index contributed by atoms with van der Waals surface area (Å²) in [4.78, 5) is 0.975. The summed E-state index contributed by atoms with van der Waals surface area (Å²) in [6, 6.07) is 15.7. The van der Waals surface area contributed by atoms with Gasteiger partial charge in [-0.3, -0.25) is 0 Å². The van der Waals surface area contributed by atoms with E-state index in [2.05, 4.69) is 118 Å². The maximum atomic E-state index is 4.82. The Labute approximate surface area is 217 Å². The highest BCUT2D eigenvalue weighted by Gasteiger charge is 2.13. The van der Waals surface area contributed by atoms with Gasteiger partial charge in [0.2, 0.25) is 0 Å². The molecule has 180 valence electrons. The summed E-state index contributed by atoms with van der Waals surface area (Å²) in [6.45, 7) is 8.72. The average molecular weight is 479 g/mol. The van der Waals surface area contributed by atoms with Crippen molar-refractivity contribution < 1.29 is 0 Å². The van der Waals surface area contributed by atoms with E-state index in [-0.39, 0.29) is 0 Å². The molecule has 0 heterocycles. The van der Waals surface area contributed by atoms with Crippen LogP contribution in [0.4, 0.5) is 0 Å².